The molecule has 0 aliphatic carbocycles. The summed E-state index contributed by atoms with van der Waals surface area (Å²) in [5.41, 5.74) is 3.17. The van der Waals surface area contributed by atoms with Gasteiger partial charge in [-0.25, -0.2) is 0 Å². The molecular weight excluding hydrogens is 268 g/mol. The van der Waals surface area contributed by atoms with Gasteiger partial charge < -0.3 is 5.32 Å². The Hall–Kier alpha value is -1.33. The molecule has 0 saturated heterocycles. The van der Waals surface area contributed by atoms with E-state index >= 15 is 0 Å². The van der Waals surface area contributed by atoms with E-state index in [1.165, 1.54) is 6.42 Å². The Kier molecular flexibility index (Phi) is 5.61. The molecule has 2 heterocycles. The Bertz CT molecular complexity index is 551. The van der Waals surface area contributed by atoms with Crippen LogP contribution in [-0.4, -0.2) is 28.3 Å². The average Bonchev–Trinajstić information content (AvgIpc) is 2.87. The van der Waals surface area contributed by atoms with Gasteiger partial charge in [0.25, 0.3) is 0 Å². The number of rotatable bonds is 7. The fourth-order valence-corrected chi connectivity index (χ4v) is 3.00. The second-order valence-electron chi connectivity index (χ2n) is 4.94. The standard InChI is InChI=1S/C15H22N4S/c1-4-9-16-10-5-6-14-18-19-15(20-14)13-8-7-11(2)17-12(13)3/h7-8,16H,4-6,9-10H2,1-3H3. The van der Waals surface area contributed by atoms with Gasteiger partial charge in [0.2, 0.25) is 0 Å². The summed E-state index contributed by atoms with van der Waals surface area (Å²) < 4.78 is 0. The van der Waals surface area contributed by atoms with Crippen LogP contribution in [0.1, 0.15) is 36.2 Å². The third kappa shape index (κ3) is 4.08. The number of hydrogen-bond donors (Lipinski definition) is 1. The van der Waals surface area contributed by atoms with Crippen LogP contribution in [0, 0.1) is 13.8 Å². The Morgan fingerprint density at radius 2 is 2.00 bits per heavy atom. The van der Waals surface area contributed by atoms with Crippen molar-refractivity contribution in [2.45, 2.75) is 40.0 Å². The maximum absolute atomic E-state index is 4.48. The van der Waals surface area contributed by atoms with E-state index in [9.17, 15) is 0 Å². The summed E-state index contributed by atoms with van der Waals surface area (Å²) in [6.07, 6.45) is 3.29. The largest absolute Gasteiger partial charge is 0.317 e. The number of nitrogens with one attached hydrogen (secondary N) is 1. The second kappa shape index (κ2) is 7.45. The summed E-state index contributed by atoms with van der Waals surface area (Å²) in [5.74, 6) is 0. The number of aryl methyl sites for hydroxylation is 3. The first-order valence-corrected chi connectivity index (χ1v) is 8.00. The molecular formula is C15H22N4S. The molecule has 20 heavy (non-hydrogen) atoms. The van der Waals surface area contributed by atoms with Gasteiger partial charge in [-0.15, -0.1) is 10.2 Å². The number of hydrogen-bond acceptors (Lipinski definition) is 5. The minimum atomic E-state index is 0.978. The van der Waals surface area contributed by atoms with Crippen molar-refractivity contribution in [3.8, 4) is 10.6 Å². The van der Waals surface area contributed by atoms with Gasteiger partial charge in [-0.2, -0.15) is 0 Å². The van der Waals surface area contributed by atoms with Crippen LogP contribution in [-0.2, 0) is 6.42 Å². The van der Waals surface area contributed by atoms with Crippen molar-refractivity contribution in [1.29, 1.82) is 0 Å². The van der Waals surface area contributed by atoms with Crippen LogP contribution in [0.15, 0.2) is 12.1 Å². The molecule has 2 rings (SSSR count). The topological polar surface area (TPSA) is 50.7 Å². The summed E-state index contributed by atoms with van der Waals surface area (Å²) in [6, 6.07) is 4.11. The fourth-order valence-electron chi connectivity index (χ4n) is 2.04. The highest BCUT2D eigenvalue weighted by atomic mass is 32.1. The number of pyridine rings is 1. The molecule has 0 atom stereocenters. The molecule has 0 amide bonds. The van der Waals surface area contributed by atoms with E-state index in [0.29, 0.717) is 0 Å². The van der Waals surface area contributed by atoms with Crippen molar-refractivity contribution in [1.82, 2.24) is 20.5 Å². The lowest BCUT2D eigenvalue weighted by Gasteiger charge is -2.01. The lowest BCUT2D eigenvalue weighted by Crippen LogP contribution is -2.16. The maximum atomic E-state index is 4.48. The van der Waals surface area contributed by atoms with Gasteiger partial charge in [0.05, 0.1) is 0 Å². The summed E-state index contributed by atoms with van der Waals surface area (Å²) in [5, 5.41) is 14.1. The maximum Gasteiger partial charge on any atom is 0.149 e. The number of aromatic nitrogens is 3. The predicted molar refractivity (Wildman–Crippen MR) is 84.1 cm³/mol. The van der Waals surface area contributed by atoms with Gasteiger partial charge in [0.15, 0.2) is 0 Å². The van der Waals surface area contributed by atoms with Gasteiger partial charge in [-0.1, -0.05) is 18.3 Å². The van der Waals surface area contributed by atoms with Crippen LogP contribution in [0.2, 0.25) is 0 Å². The van der Waals surface area contributed by atoms with E-state index in [-0.39, 0.29) is 0 Å². The quantitative estimate of drug-likeness (QED) is 0.796. The molecule has 0 bridgehead atoms. The van der Waals surface area contributed by atoms with Gasteiger partial charge >= 0.3 is 0 Å². The zero-order valence-electron chi connectivity index (χ0n) is 12.4. The Morgan fingerprint density at radius 1 is 1.15 bits per heavy atom. The highest BCUT2D eigenvalue weighted by Gasteiger charge is 2.09. The second-order valence-corrected chi connectivity index (χ2v) is 6.00. The Morgan fingerprint density at radius 3 is 2.75 bits per heavy atom. The van der Waals surface area contributed by atoms with Crippen molar-refractivity contribution in [2.24, 2.45) is 0 Å². The first kappa shape index (κ1) is 15.1. The van der Waals surface area contributed by atoms with Crippen LogP contribution < -0.4 is 5.32 Å². The average molecular weight is 290 g/mol. The van der Waals surface area contributed by atoms with Crippen LogP contribution in [0.5, 0.6) is 0 Å². The zero-order chi connectivity index (χ0) is 14.4. The molecule has 0 fully saturated rings. The molecule has 0 radical (unpaired) electrons. The first-order chi connectivity index (χ1) is 9.70. The van der Waals surface area contributed by atoms with E-state index in [2.05, 4.69) is 33.5 Å². The van der Waals surface area contributed by atoms with Crippen LogP contribution in [0.4, 0.5) is 0 Å². The lowest BCUT2D eigenvalue weighted by atomic mass is 10.2. The third-order valence-corrected chi connectivity index (χ3v) is 4.11. The van der Waals surface area contributed by atoms with Crippen molar-refractivity contribution in [3.63, 3.8) is 0 Å². The van der Waals surface area contributed by atoms with E-state index in [0.717, 1.165) is 52.9 Å². The monoisotopic (exact) mass is 290 g/mol. The van der Waals surface area contributed by atoms with Crippen LogP contribution >= 0.6 is 11.3 Å². The van der Waals surface area contributed by atoms with Crippen molar-refractivity contribution >= 4 is 11.3 Å². The van der Waals surface area contributed by atoms with E-state index < -0.39 is 0 Å². The van der Waals surface area contributed by atoms with Gasteiger partial charge in [-0.3, -0.25) is 4.98 Å². The molecule has 4 nitrogen and oxygen atoms in total. The molecule has 0 spiro atoms. The third-order valence-electron chi connectivity index (χ3n) is 3.09. The van der Waals surface area contributed by atoms with E-state index in [4.69, 9.17) is 0 Å². The highest BCUT2D eigenvalue weighted by Crippen LogP contribution is 2.26. The van der Waals surface area contributed by atoms with Crippen molar-refractivity contribution in [3.05, 3.63) is 28.5 Å². The zero-order valence-corrected chi connectivity index (χ0v) is 13.3. The van der Waals surface area contributed by atoms with Crippen LogP contribution in [0.3, 0.4) is 0 Å². The van der Waals surface area contributed by atoms with Crippen molar-refractivity contribution in [2.75, 3.05) is 13.1 Å². The summed E-state index contributed by atoms with van der Waals surface area (Å²) in [7, 11) is 0. The molecule has 0 aromatic carbocycles. The molecule has 0 saturated carbocycles. The predicted octanol–water partition coefficient (Wildman–Crippen LogP) is 3.15. The normalized spacial score (nSPS) is 10.9. The summed E-state index contributed by atoms with van der Waals surface area (Å²) in [6.45, 7) is 8.36. The summed E-state index contributed by atoms with van der Waals surface area (Å²) in [4.78, 5) is 4.48. The number of nitrogens with zero attached hydrogens (tertiary/aromatic N) is 3. The van der Waals surface area contributed by atoms with E-state index in [1.54, 1.807) is 11.3 Å². The van der Waals surface area contributed by atoms with Gasteiger partial charge in [0, 0.05) is 23.4 Å². The first-order valence-electron chi connectivity index (χ1n) is 7.18. The molecule has 2 aromatic heterocycles. The highest BCUT2D eigenvalue weighted by molar-refractivity contribution is 7.14. The Balaban J connectivity index is 1.95. The Labute approximate surface area is 124 Å². The molecule has 1 N–H and O–H groups in total. The summed E-state index contributed by atoms with van der Waals surface area (Å²) >= 11 is 1.68. The smallest absolute Gasteiger partial charge is 0.149 e. The molecule has 0 aliphatic rings. The molecule has 108 valence electrons. The minimum absolute atomic E-state index is 0.978. The van der Waals surface area contributed by atoms with Gasteiger partial charge in [-0.05, 0) is 51.9 Å². The lowest BCUT2D eigenvalue weighted by molar-refractivity contribution is 0.637. The van der Waals surface area contributed by atoms with E-state index in [1.807, 2.05) is 19.9 Å². The van der Waals surface area contributed by atoms with Crippen LogP contribution in [0.25, 0.3) is 10.6 Å². The molecule has 5 heteroatoms. The van der Waals surface area contributed by atoms with Crippen molar-refractivity contribution < 1.29 is 0 Å². The molecule has 0 aliphatic heterocycles. The SMILES string of the molecule is CCCNCCCc1nnc(-c2ccc(C)nc2C)s1. The molecule has 2 aromatic rings. The fraction of sp³-hybridized carbons (Fsp3) is 0.533. The molecule has 0 unspecified atom stereocenters. The minimum Gasteiger partial charge on any atom is -0.317 e. The van der Waals surface area contributed by atoms with Gasteiger partial charge in [0.1, 0.15) is 10.0 Å².